The number of carbonyl (C=O) groups excluding carboxylic acids is 1. The molecule has 0 aliphatic carbocycles. The van der Waals surface area contributed by atoms with Gasteiger partial charge in [-0.25, -0.2) is 4.39 Å². The summed E-state index contributed by atoms with van der Waals surface area (Å²) in [7, 11) is 0. The zero-order chi connectivity index (χ0) is 21.0. The first-order valence-corrected chi connectivity index (χ1v) is 9.22. The van der Waals surface area contributed by atoms with Crippen LogP contribution in [0.2, 0.25) is 0 Å². The number of aromatic nitrogens is 2. The number of phenolic OH excluding ortho intramolecular Hbond substituents is 1. The molecule has 0 atom stereocenters. The number of fused-ring (bicyclic) bond motifs is 2. The van der Waals surface area contributed by atoms with Crippen LogP contribution in [0, 0.1) is 5.82 Å². The van der Waals surface area contributed by atoms with Gasteiger partial charge in [0.05, 0.1) is 11.3 Å². The molecular formula is C22H16FN3O4. The third kappa shape index (κ3) is 2.57. The Morgan fingerprint density at radius 1 is 1.00 bits per heavy atom. The zero-order valence-electron chi connectivity index (χ0n) is 15.6. The van der Waals surface area contributed by atoms with Crippen LogP contribution >= 0.6 is 0 Å². The number of rotatable bonds is 3. The maximum Gasteiger partial charge on any atom is 0.258 e. The van der Waals surface area contributed by atoms with Crippen molar-refractivity contribution in [1.82, 2.24) is 14.5 Å². The second-order valence-electron chi connectivity index (χ2n) is 7.12. The Bertz CT molecular complexity index is 1290. The number of hydrogen-bond acceptors (Lipinski definition) is 5. The number of hydrogen-bond donors (Lipinski definition) is 3. The van der Waals surface area contributed by atoms with E-state index in [2.05, 4.69) is 4.98 Å². The molecule has 1 amide bonds. The fraction of sp³-hybridized carbons (Fsp3) is 0.0909. The molecule has 0 spiro atoms. The maximum atomic E-state index is 13.2. The molecule has 2 aromatic heterocycles. The topological polar surface area (TPSA) is 98.8 Å². The van der Waals surface area contributed by atoms with E-state index in [0.717, 1.165) is 5.56 Å². The Morgan fingerprint density at radius 3 is 2.40 bits per heavy atom. The minimum absolute atomic E-state index is 0.0748. The summed E-state index contributed by atoms with van der Waals surface area (Å²) in [5.41, 5.74) is 1.83. The number of amides is 1. The molecule has 30 heavy (non-hydrogen) atoms. The van der Waals surface area contributed by atoms with E-state index in [1.807, 2.05) is 0 Å². The molecule has 7 nitrogen and oxygen atoms in total. The van der Waals surface area contributed by atoms with Crippen LogP contribution in [0.25, 0.3) is 16.6 Å². The Morgan fingerprint density at radius 2 is 1.70 bits per heavy atom. The van der Waals surface area contributed by atoms with E-state index < -0.39 is 5.91 Å². The van der Waals surface area contributed by atoms with Gasteiger partial charge in [0.1, 0.15) is 11.3 Å². The van der Waals surface area contributed by atoms with Crippen LogP contribution in [0.5, 0.6) is 17.5 Å². The van der Waals surface area contributed by atoms with Gasteiger partial charge in [-0.1, -0.05) is 12.1 Å². The second kappa shape index (κ2) is 6.48. The van der Waals surface area contributed by atoms with Crippen LogP contribution in [0.4, 0.5) is 4.39 Å². The van der Waals surface area contributed by atoms with Crippen LogP contribution in [0.3, 0.4) is 0 Å². The lowest BCUT2D eigenvalue weighted by molar-refractivity contribution is 0.0764. The number of halogens is 1. The van der Waals surface area contributed by atoms with Crippen molar-refractivity contribution in [3.05, 3.63) is 77.2 Å². The molecule has 1 aliphatic heterocycles. The van der Waals surface area contributed by atoms with E-state index in [1.54, 1.807) is 24.3 Å². The molecule has 150 valence electrons. The predicted molar refractivity (Wildman–Crippen MR) is 106 cm³/mol. The molecule has 0 fully saturated rings. The summed E-state index contributed by atoms with van der Waals surface area (Å²) in [6, 6.07) is 11.9. The third-order valence-electron chi connectivity index (χ3n) is 5.31. The Hall–Kier alpha value is -4.07. The van der Waals surface area contributed by atoms with Crippen molar-refractivity contribution in [2.75, 3.05) is 0 Å². The number of nitrogens with zero attached hydrogens (tertiary/aromatic N) is 3. The molecule has 0 saturated heterocycles. The van der Waals surface area contributed by atoms with Gasteiger partial charge < -0.3 is 20.2 Å². The SMILES string of the molecule is O=C1c2c(c(-n3c(O)ccc3O)c3cccnc3c2O)CN1Cc1ccc(F)cc1. The number of benzene rings is 2. The summed E-state index contributed by atoms with van der Waals surface area (Å²) in [6.45, 7) is 0.344. The monoisotopic (exact) mass is 405 g/mol. The van der Waals surface area contributed by atoms with Crippen LogP contribution in [0.1, 0.15) is 21.5 Å². The molecule has 2 aromatic carbocycles. The highest BCUT2D eigenvalue weighted by atomic mass is 19.1. The van der Waals surface area contributed by atoms with Gasteiger partial charge in [-0.3, -0.25) is 14.3 Å². The maximum absolute atomic E-state index is 13.2. The van der Waals surface area contributed by atoms with Crippen LogP contribution in [-0.4, -0.2) is 35.7 Å². The van der Waals surface area contributed by atoms with Gasteiger partial charge in [-0.15, -0.1) is 0 Å². The van der Waals surface area contributed by atoms with Crippen molar-refractivity contribution in [2.24, 2.45) is 0 Å². The van der Waals surface area contributed by atoms with E-state index in [9.17, 15) is 24.5 Å². The summed E-state index contributed by atoms with van der Waals surface area (Å²) in [6.07, 6.45) is 1.49. The lowest BCUT2D eigenvalue weighted by Gasteiger charge is -2.17. The lowest BCUT2D eigenvalue weighted by atomic mass is 10.0. The number of aromatic hydroxyl groups is 3. The van der Waals surface area contributed by atoms with E-state index in [1.165, 1.54) is 39.9 Å². The molecule has 0 radical (unpaired) electrons. The number of carbonyl (C=O) groups is 1. The molecule has 3 heterocycles. The van der Waals surface area contributed by atoms with Crippen molar-refractivity contribution in [3.8, 4) is 23.2 Å². The molecule has 8 heteroatoms. The molecule has 4 aromatic rings. The van der Waals surface area contributed by atoms with Gasteiger partial charge in [-0.05, 0) is 29.8 Å². The smallest absolute Gasteiger partial charge is 0.258 e. The van der Waals surface area contributed by atoms with Crippen LogP contribution < -0.4 is 0 Å². The second-order valence-corrected chi connectivity index (χ2v) is 7.12. The third-order valence-corrected chi connectivity index (χ3v) is 5.31. The average molecular weight is 405 g/mol. The van der Waals surface area contributed by atoms with Gasteiger partial charge in [0.15, 0.2) is 17.5 Å². The van der Waals surface area contributed by atoms with E-state index in [0.29, 0.717) is 16.6 Å². The van der Waals surface area contributed by atoms with Gasteiger partial charge in [0, 0.05) is 42.4 Å². The summed E-state index contributed by atoms with van der Waals surface area (Å²) in [4.78, 5) is 18.9. The van der Waals surface area contributed by atoms with Gasteiger partial charge >= 0.3 is 0 Å². The van der Waals surface area contributed by atoms with Crippen LogP contribution in [-0.2, 0) is 13.1 Å². The summed E-state index contributed by atoms with van der Waals surface area (Å²) >= 11 is 0. The number of phenols is 1. The van der Waals surface area contributed by atoms with E-state index >= 15 is 0 Å². The standard InChI is InChI=1S/C22H16FN3O4/c23-13-5-3-12(4-6-13)10-25-11-15-18(22(25)30)21(29)19-14(2-1-9-24-19)20(15)26-16(27)7-8-17(26)28/h1-9,27-29H,10-11H2. The normalized spacial score (nSPS) is 13.2. The highest BCUT2D eigenvalue weighted by Crippen LogP contribution is 2.44. The van der Waals surface area contributed by atoms with Crippen LogP contribution in [0.15, 0.2) is 54.7 Å². The van der Waals surface area contributed by atoms with E-state index in [-0.39, 0.29) is 47.5 Å². The zero-order valence-corrected chi connectivity index (χ0v) is 15.6. The first-order chi connectivity index (χ1) is 14.5. The molecule has 0 saturated carbocycles. The van der Waals surface area contributed by atoms with Gasteiger partial charge in [0.2, 0.25) is 0 Å². The number of pyridine rings is 1. The van der Waals surface area contributed by atoms with Crippen molar-refractivity contribution in [2.45, 2.75) is 13.1 Å². The summed E-state index contributed by atoms with van der Waals surface area (Å²) in [5.74, 6) is -1.45. The minimum atomic E-state index is -0.410. The molecule has 1 aliphatic rings. The Kier molecular flexibility index (Phi) is 3.89. The average Bonchev–Trinajstić information content (AvgIpc) is 3.24. The fourth-order valence-corrected chi connectivity index (χ4v) is 3.97. The van der Waals surface area contributed by atoms with Crippen molar-refractivity contribution >= 4 is 16.8 Å². The predicted octanol–water partition coefficient (Wildman–Crippen LogP) is 3.44. The summed E-state index contributed by atoms with van der Waals surface area (Å²) in [5, 5.41) is 32.0. The molecule has 5 rings (SSSR count). The summed E-state index contributed by atoms with van der Waals surface area (Å²) < 4.78 is 14.4. The minimum Gasteiger partial charge on any atom is -0.505 e. The first-order valence-electron chi connectivity index (χ1n) is 9.22. The Balaban J connectivity index is 1.71. The lowest BCUT2D eigenvalue weighted by Crippen LogP contribution is -2.23. The Labute approximate surface area is 169 Å². The fourth-order valence-electron chi connectivity index (χ4n) is 3.97. The molecule has 0 bridgehead atoms. The van der Waals surface area contributed by atoms with Gasteiger partial charge in [-0.2, -0.15) is 0 Å². The molecule has 0 unspecified atom stereocenters. The molecular weight excluding hydrogens is 389 g/mol. The largest absolute Gasteiger partial charge is 0.505 e. The van der Waals surface area contributed by atoms with Crippen molar-refractivity contribution < 1.29 is 24.5 Å². The highest BCUT2D eigenvalue weighted by Gasteiger charge is 2.36. The quantitative estimate of drug-likeness (QED) is 0.485. The highest BCUT2D eigenvalue weighted by molar-refractivity contribution is 6.09. The molecule has 3 N–H and O–H groups in total. The van der Waals surface area contributed by atoms with Crippen molar-refractivity contribution in [3.63, 3.8) is 0 Å². The van der Waals surface area contributed by atoms with Crippen molar-refractivity contribution in [1.29, 1.82) is 0 Å². The van der Waals surface area contributed by atoms with E-state index in [4.69, 9.17) is 0 Å². The van der Waals surface area contributed by atoms with Gasteiger partial charge in [0.25, 0.3) is 5.91 Å². The first kappa shape index (κ1) is 18.0.